The summed E-state index contributed by atoms with van der Waals surface area (Å²) in [6, 6.07) is 13.4. The van der Waals surface area contributed by atoms with Gasteiger partial charge in [-0.25, -0.2) is 9.37 Å². The molecule has 1 aliphatic heterocycles. The molecule has 7 heteroatoms. The number of aromatic nitrogens is 5. The van der Waals surface area contributed by atoms with Crippen molar-refractivity contribution in [2.24, 2.45) is 0 Å². The highest BCUT2D eigenvalue weighted by Gasteiger charge is 2.18. The lowest BCUT2D eigenvalue weighted by atomic mass is 10.0. The summed E-state index contributed by atoms with van der Waals surface area (Å²) < 4.78 is 14.5. The molecule has 0 saturated carbocycles. The number of nitrogens with zero attached hydrogens (tertiary/aromatic N) is 4. The zero-order chi connectivity index (χ0) is 23.2. The number of hydrogen-bond donors (Lipinski definition) is 2. The van der Waals surface area contributed by atoms with E-state index < -0.39 is 0 Å². The number of imidazole rings is 1. The van der Waals surface area contributed by atoms with Gasteiger partial charge in [-0.2, -0.15) is 5.10 Å². The first kappa shape index (κ1) is 20.4. The predicted octanol–water partition coefficient (Wildman–Crippen LogP) is 5.93. The predicted molar refractivity (Wildman–Crippen MR) is 133 cm³/mol. The summed E-state index contributed by atoms with van der Waals surface area (Å²) in [4.78, 5) is 14.8. The van der Waals surface area contributed by atoms with Crippen molar-refractivity contribution in [3.63, 3.8) is 0 Å². The first-order chi connectivity index (χ1) is 16.6. The molecule has 0 amide bonds. The number of rotatable bonds is 4. The largest absolute Gasteiger partial charge is 0.371 e. The van der Waals surface area contributed by atoms with Gasteiger partial charge in [-0.15, -0.1) is 0 Å². The van der Waals surface area contributed by atoms with E-state index in [2.05, 4.69) is 69.4 Å². The van der Waals surface area contributed by atoms with E-state index in [-0.39, 0.29) is 5.82 Å². The van der Waals surface area contributed by atoms with Crippen LogP contribution in [-0.2, 0) is 0 Å². The molecule has 0 unspecified atom stereocenters. The van der Waals surface area contributed by atoms with Crippen LogP contribution in [0.15, 0.2) is 73.2 Å². The van der Waals surface area contributed by atoms with E-state index in [0.717, 1.165) is 34.1 Å². The Labute approximate surface area is 195 Å². The monoisotopic (exact) mass is 450 g/mol. The second kappa shape index (κ2) is 7.95. The van der Waals surface area contributed by atoms with Gasteiger partial charge in [-0.05, 0) is 43.2 Å². The second-order valence-corrected chi connectivity index (χ2v) is 8.76. The van der Waals surface area contributed by atoms with Crippen molar-refractivity contribution in [2.75, 3.05) is 6.54 Å². The van der Waals surface area contributed by atoms with Crippen LogP contribution in [0.2, 0.25) is 0 Å². The Hall–Kier alpha value is -4.26. The summed E-state index contributed by atoms with van der Waals surface area (Å²) in [6.45, 7) is 5.30. The number of halogens is 1. The number of H-pyrrole nitrogens is 2. The molecular formula is C27H23FN6. The number of pyridine rings is 1. The quantitative estimate of drug-likeness (QED) is 0.356. The standard InChI is InChI=1S/C27H23FN6/c1-16(2)34-11-5-6-18(15-34)17-9-10-23-20(12-17)26(33-32-23)27-30-24-14-29-13-21(25(24)31-27)19-7-3-4-8-22(19)28/h3-10,12-16H,11H2,1-2H3,(H,30,31)(H,32,33). The molecule has 0 bridgehead atoms. The summed E-state index contributed by atoms with van der Waals surface area (Å²) in [5.74, 6) is 0.307. The van der Waals surface area contributed by atoms with Gasteiger partial charge in [0.25, 0.3) is 0 Å². The van der Waals surface area contributed by atoms with Gasteiger partial charge >= 0.3 is 0 Å². The maximum Gasteiger partial charge on any atom is 0.159 e. The Kier molecular flexibility index (Phi) is 4.76. The molecule has 0 aliphatic carbocycles. The lowest BCUT2D eigenvalue weighted by Crippen LogP contribution is -2.27. The summed E-state index contributed by atoms with van der Waals surface area (Å²) in [6.07, 6.45) is 9.90. The molecule has 1 aliphatic rings. The number of benzene rings is 2. The Morgan fingerprint density at radius 3 is 2.76 bits per heavy atom. The molecule has 5 aromatic rings. The molecule has 3 aromatic heterocycles. The molecule has 4 heterocycles. The highest BCUT2D eigenvalue weighted by atomic mass is 19.1. The van der Waals surface area contributed by atoms with Crippen molar-refractivity contribution in [3.05, 3.63) is 84.6 Å². The Morgan fingerprint density at radius 1 is 1.03 bits per heavy atom. The third-order valence-electron chi connectivity index (χ3n) is 6.26. The van der Waals surface area contributed by atoms with Crippen molar-refractivity contribution < 1.29 is 4.39 Å². The lowest BCUT2D eigenvalue weighted by Gasteiger charge is -2.27. The van der Waals surface area contributed by atoms with Crippen LogP contribution in [0.25, 0.3) is 50.2 Å². The molecule has 0 atom stereocenters. The Bertz CT molecular complexity index is 1590. The minimum absolute atomic E-state index is 0.305. The summed E-state index contributed by atoms with van der Waals surface area (Å²) in [5.41, 5.74) is 6.41. The molecule has 0 spiro atoms. The van der Waals surface area contributed by atoms with E-state index in [1.165, 1.54) is 6.07 Å². The normalized spacial score (nSPS) is 13.9. The van der Waals surface area contributed by atoms with E-state index in [1.54, 1.807) is 24.5 Å². The minimum Gasteiger partial charge on any atom is -0.371 e. The topological polar surface area (TPSA) is 73.5 Å². The lowest BCUT2D eigenvalue weighted by molar-refractivity contribution is 0.341. The van der Waals surface area contributed by atoms with E-state index in [1.807, 2.05) is 12.1 Å². The third kappa shape index (κ3) is 3.37. The number of nitrogens with one attached hydrogen (secondary N) is 2. The van der Waals surface area contributed by atoms with Crippen LogP contribution in [0.1, 0.15) is 19.4 Å². The van der Waals surface area contributed by atoms with Gasteiger partial charge in [-0.3, -0.25) is 10.1 Å². The number of aromatic amines is 2. The van der Waals surface area contributed by atoms with Crippen LogP contribution >= 0.6 is 0 Å². The van der Waals surface area contributed by atoms with Gasteiger partial charge in [0.15, 0.2) is 5.82 Å². The Balaban J connectivity index is 1.47. The van der Waals surface area contributed by atoms with E-state index in [9.17, 15) is 4.39 Å². The van der Waals surface area contributed by atoms with Crippen molar-refractivity contribution in [1.82, 2.24) is 30.0 Å². The van der Waals surface area contributed by atoms with Crippen molar-refractivity contribution in [2.45, 2.75) is 19.9 Å². The second-order valence-electron chi connectivity index (χ2n) is 8.76. The SMILES string of the molecule is CC(C)N1C=C(c2ccc3[nH]nc(-c4nc5c(-c6ccccc6F)cncc5[nH]4)c3c2)C=CC1. The Morgan fingerprint density at radius 2 is 1.91 bits per heavy atom. The third-order valence-corrected chi connectivity index (χ3v) is 6.26. The first-order valence-corrected chi connectivity index (χ1v) is 11.3. The maximum absolute atomic E-state index is 14.5. The van der Waals surface area contributed by atoms with Gasteiger partial charge in [-0.1, -0.05) is 36.4 Å². The molecule has 6 nitrogen and oxygen atoms in total. The average molecular weight is 451 g/mol. The van der Waals surface area contributed by atoms with Crippen LogP contribution < -0.4 is 0 Å². The number of fused-ring (bicyclic) bond motifs is 2. The molecule has 2 N–H and O–H groups in total. The fraction of sp³-hybridized carbons (Fsp3) is 0.148. The number of hydrogen-bond acceptors (Lipinski definition) is 4. The zero-order valence-electron chi connectivity index (χ0n) is 18.9. The zero-order valence-corrected chi connectivity index (χ0v) is 18.9. The van der Waals surface area contributed by atoms with E-state index in [4.69, 9.17) is 4.98 Å². The van der Waals surface area contributed by atoms with Gasteiger partial charge in [0.1, 0.15) is 17.0 Å². The summed E-state index contributed by atoms with van der Waals surface area (Å²) >= 11 is 0. The smallest absolute Gasteiger partial charge is 0.159 e. The van der Waals surface area contributed by atoms with Crippen LogP contribution in [0.5, 0.6) is 0 Å². The molecule has 0 radical (unpaired) electrons. The summed E-state index contributed by atoms with van der Waals surface area (Å²) in [5, 5.41) is 8.62. The molecule has 168 valence electrons. The minimum atomic E-state index is -0.305. The van der Waals surface area contributed by atoms with Crippen LogP contribution in [0.3, 0.4) is 0 Å². The molecule has 0 fully saturated rings. The van der Waals surface area contributed by atoms with Crippen molar-refractivity contribution in [1.29, 1.82) is 0 Å². The number of allylic oxidation sites excluding steroid dienone is 2. The van der Waals surface area contributed by atoms with Gasteiger partial charge < -0.3 is 9.88 Å². The molecule has 0 saturated heterocycles. The highest BCUT2D eigenvalue weighted by molar-refractivity contribution is 5.98. The van der Waals surface area contributed by atoms with Gasteiger partial charge in [0.2, 0.25) is 0 Å². The summed E-state index contributed by atoms with van der Waals surface area (Å²) in [7, 11) is 0. The highest BCUT2D eigenvalue weighted by Crippen LogP contribution is 2.33. The van der Waals surface area contributed by atoms with Crippen molar-refractivity contribution in [3.8, 4) is 22.6 Å². The van der Waals surface area contributed by atoms with E-state index >= 15 is 0 Å². The molecule has 2 aromatic carbocycles. The van der Waals surface area contributed by atoms with Gasteiger partial charge in [0, 0.05) is 41.5 Å². The van der Waals surface area contributed by atoms with Crippen molar-refractivity contribution >= 4 is 27.5 Å². The first-order valence-electron chi connectivity index (χ1n) is 11.3. The fourth-order valence-corrected chi connectivity index (χ4v) is 4.40. The molecule has 34 heavy (non-hydrogen) atoms. The van der Waals surface area contributed by atoms with E-state index in [0.29, 0.717) is 34.2 Å². The van der Waals surface area contributed by atoms with Gasteiger partial charge in [0.05, 0.1) is 17.2 Å². The molecular weight excluding hydrogens is 427 g/mol. The molecule has 6 rings (SSSR count). The maximum atomic E-state index is 14.5. The van der Waals surface area contributed by atoms with Crippen LogP contribution in [-0.4, -0.2) is 42.6 Å². The fourth-order valence-electron chi connectivity index (χ4n) is 4.40. The average Bonchev–Trinajstić information content (AvgIpc) is 3.48. The van der Waals surface area contributed by atoms with Crippen LogP contribution in [0, 0.1) is 5.82 Å². The van der Waals surface area contributed by atoms with Crippen LogP contribution in [0.4, 0.5) is 4.39 Å².